The van der Waals surface area contributed by atoms with Crippen LogP contribution in [0.25, 0.3) is 0 Å². The standard InChI is InChI=1S/C21H25Cl2N3O4S/c1-31(28,29)26(18-6-7-19(22)20(23)12-18)15-21(27)24-13-16-2-4-17(5-3-16)14-25-8-10-30-11-9-25/h2-7,12H,8-11,13-15H2,1H3,(H,24,27). The Hall–Kier alpha value is -1.84. The molecule has 0 radical (unpaired) electrons. The van der Waals surface area contributed by atoms with Crippen molar-refractivity contribution in [2.24, 2.45) is 0 Å². The third kappa shape index (κ3) is 7.08. The van der Waals surface area contributed by atoms with E-state index >= 15 is 0 Å². The van der Waals surface area contributed by atoms with Crippen LogP contribution in [0.1, 0.15) is 11.1 Å². The maximum Gasteiger partial charge on any atom is 0.241 e. The predicted octanol–water partition coefficient (Wildman–Crippen LogP) is 2.91. The van der Waals surface area contributed by atoms with Crippen LogP contribution in [-0.2, 0) is 32.6 Å². The summed E-state index contributed by atoms with van der Waals surface area (Å²) in [4.78, 5) is 14.8. The Morgan fingerprint density at radius 2 is 1.71 bits per heavy atom. The van der Waals surface area contributed by atoms with Gasteiger partial charge in [-0.25, -0.2) is 8.42 Å². The van der Waals surface area contributed by atoms with Crippen LogP contribution in [0.2, 0.25) is 10.0 Å². The van der Waals surface area contributed by atoms with E-state index in [1.165, 1.54) is 23.8 Å². The lowest BCUT2D eigenvalue weighted by molar-refractivity contribution is -0.119. The summed E-state index contributed by atoms with van der Waals surface area (Å²) in [5.74, 6) is -0.422. The Kier molecular flexibility index (Phi) is 8.18. The minimum Gasteiger partial charge on any atom is -0.379 e. The van der Waals surface area contributed by atoms with Gasteiger partial charge in [-0.15, -0.1) is 0 Å². The van der Waals surface area contributed by atoms with Gasteiger partial charge >= 0.3 is 0 Å². The summed E-state index contributed by atoms with van der Waals surface area (Å²) < 4.78 is 30.8. The van der Waals surface area contributed by atoms with Gasteiger partial charge in [-0.2, -0.15) is 0 Å². The molecule has 0 spiro atoms. The maximum absolute atomic E-state index is 12.4. The summed E-state index contributed by atoms with van der Waals surface area (Å²) in [6.45, 7) is 4.18. The van der Waals surface area contributed by atoms with Gasteiger partial charge in [0.15, 0.2) is 0 Å². The Bertz CT molecular complexity index is 1010. The molecule has 31 heavy (non-hydrogen) atoms. The van der Waals surface area contributed by atoms with Crippen molar-refractivity contribution >= 4 is 44.8 Å². The van der Waals surface area contributed by atoms with Crippen LogP contribution < -0.4 is 9.62 Å². The van der Waals surface area contributed by atoms with Crippen LogP contribution in [0, 0.1) is 0 Å². The fourth-order valence-electron chi connectivity index (χ4n) is 3.21. The van der Waals surface area contributed by atoms with Gasteiger partial charge in [0.25, 0.3) is 0 Å². The van der Waals surface area contributed by atoms with Gasteiger partial charge in [0.2, 0.25) is 15.9 Å². The van der Waals surface area contributed by atoms with E-state index in [1.54, 1.807) is 0 Å². The van der Waals surface area contributed by atoms with Gasteiger partial charge < -0.3 is 10.1 Å². The lowest BCUT2D eigenvalue weighted by Gasteiger charge is -2.26. The molecule has 2 aromatic carbocycles. The summed E-state index contributed by atoms with van der Waals surface area (Å²) in [7, 11) is -3.69. The number of amides is 1. The average Bonchev–Trinajstić information content (AvgIpc) is 2.73. The molecule has 0 unspecified atom stereocenters. The van der Waals surface area contributed by atoms with Crippen LogP contribution in [-0.4, -0.2) is 58.3 Å². The maximum atomic E-state index is 12.4. The molecule has 1 aliphatic heterocycles. The molecular weight excluding hydrogens is 461 g/mol. The quantitative estimate of drug-likeness (QED) is 0.621. The van der Waals surface area contributed by atoms with E-state index in [1.807, 2.05) is 24.3 Å². The highest BCUT2D eigenvalue weighted by atomic mass is 35.5. The lowest BCUT2D eigenvalue weighted by Crippen LogP contribution is -2.40. The normalized spacial score (nSPS) is 14.9. The van der Waals surface area contributed by atoms with Crippen molar-refractivity contribution in [3.63, 3.8) is 0 Å². The number of nitrogens with one attached hydrogen (secondary N) is 1. The summed E-state index contributed by atoms with van der Waals surface area (Å²) in [5, 5.41) is 3.29. The molecule has 0 atom stereocenters. The predicted molar refractivity (Wildman–Crippen MR) is 123 cm³/mol. The molecule has 1 saturated heterocycles. The summed E-state index contributed by atoms with van der Waals surface area (Å²) >= 11 is 11.9. The van der Waals surface area contributed by atoms with E-state index in [2.05, 4.69) is 10.2 Å². The monoisotopic (exact) mass is 485 g/mol. The van der Waals surface area contributed by atoms with Crippen LogP contribution in [0.15, 0.2) is 42.5 Å². The largest absolute Gasteiger partial charge is 0.379 e. The number of sulfonamides is 1. The lowest BCUT2D eigenvalue weighted by atomic mass is 10.1. The molecule has 168 valence electrons. The molecular formula is C21H25Cl2N3O4S. The van der Waals surface area contributed by atoms with Crippen LogP contribution in [0.4, 0.5) is 5.69 Å². The third-order valence-corrected chi connectivity index (χ3v) is 6.78. The zero-order valence-corrected chi connectivity index (χ0v) is 19.5. The molecule has 7 nitrogen and oxygen atoms in total. The number of nitrogens with zero attached hydrogens (tertiary/aromatic N) is 2. The van der Waals surface area contributed by atoms with Crippen molar-refractivity contribution in [3.05, 3.63) is 63.6 Å². The highest BCUT2D eigenvalue weighted by Crippen LogP contribution is 2.28. The molecule has 0 aliphatic carbocycles. The first-order chi connectivity index (χ1) is 14.7. The van der Waals surface area contributed by atoms with Crippen LogP contribution in [0.5, 0.6) is 0 Å². The topological polar surface area (TPSA) is 79.0 Å². The Morgan fingerprint density at radius 3 is 2.32 bits per heavy atom. The Balaban J connectivity index is 1.56. The smallest absolute Gasteiger partial charge is 0.241 e. The molecule has 0 bridgehead atoms. The third-order valence-electron chi connectivity index (χ3n) is 4.90. The van der Waals surface area contributed by atoms with Crippen molar-refractivity contribution in [1.29, 1.82) is 0 Å². The van der Waals surface area contributed by atoms with Gasteiger partial charge in [-0.1, -0.05) is 47.5 Å². The molecule has 10 heteroatoms. The van der Waals surface area contributed by atoms with Crippen molar-refractivity contribution in [2.45, 2.75) is 13.1 Å². The van der Waals surface area contributed by atoms with E-state index in [4.69, 9.17) is 27.9 Å². The van der Waals surface area contributed by atoms with Crippen LogP contribution in [0.3, 0.4) is 0 Å². The number of anilines is 1. The highest BCUT2D eigenvalue weighted by molar-refractivity contribution is 7.92. The van der Waals surface area contributed by atoms with Crippen molar-refractivity contribution in [3.8, 4) is 0 Å². The molecule has 3 rings (SSSR count). The first-order valence-corrected chi connectivity index (χ1v) is 12.4. The zero-order chi connectivity index (χ0) is 22.4. The summed E-state index contributed by atoms with van der Waals surface area (Å²) in [5.41, 5.74) is 2.40. The summed E-state index contributed by atoms with van der Waals surface area (Å²) in [6.07, 6.45) is 1.04. The molecule has 0 aromatic heterocycles. The van der Waals surface area contributed by atoms with Gasteiger partial charge in [-0.3, -0.25) is 14.0 Å². The minimum absolute atomic E-state index is 0.213. The molecule has 0 saturated carbocycles. The van der Waals surface area contributed by atoms with Gasteiger partial charge in [-0.05, 0) is 29.3 Å². The van der Waals surface area contributed by atoms with Crippen molar-refractivity contribution in [1.82, 2.24) is 10.2 Å². The van der Waals surface area contributed by atoms with E-state index in [0.717, 1.165) is 49.0 Å². The number of carbonyl (C=O) groups is 1. The molecule has 1 N–H and O–H groups in total. The molecule has 2 aromatic rings. The van der Waals surface area contributed by atoms with E-state index in [9.17, 15) is 13.2 Å². The second-order valence-corrected chi connectivity index (χ2v) is 10.1. The second-order valence-electron chi connectivity index (χ2n) is 7.35. The van der Waals surface area contributed by atoms with E-state index in [-0.39, 0.29) is 17.3 Å². The zero-order valence-electron chi connectivity index (χ0n) is 17.2. The fraction of sp³-hybridized carbons (Fsp3) is 0.381. The number of benzene rings is 2. The van der Waals surface area contributed by atoms with Gasteiger partial charge in [0.05, 0.1) is 35.2 Å². The molecule has 1 fully saturated rings. The van der Waals surface area contributed by atoms with Gasteiger partial charge in [0, 0.05) is 26.2 Å². The van der Waals surface area contributed by atoms with Crippen molar-refractivity contribution in [2.75, 3.05) is 43.4 Å². The number of morpholine rings is 1. The highest BCUT2D eigenvalue weighted by Gasteiger charge is 2.21. The number of rotatable bonds is 8. The van der Waals surface area contributed by atoms with Gasteiger partial charge in [0.1, 0.15) is 6.54 Å². The number of halogens is 2. The Morgan fingerprint density at radius 1 is 1.06 bits per heavy atom. The second kappa shape index (κ2) is 10.7. The first-order valence-electron chi connectivity index (χ1n) is 9.80. The van der Waals surface area contributed by atoms with E-state index in [0.29, 0.717) is 11.6 Å². The summed E-state index contributed by atoms with van der Waals surface area (Å²) in [6, 6.07) is 12.4. The number of hydrogen-bond acceptors (Lipinski definition) is 5. The number of ether oxygens (including phenoxy) is 1. The minimum atomic E-state index is -3.69. The SMILES string of the molecule is CS(=O)(=O)N(CC(=O)NCc1ccc(CN2CCOCC2)cc1)c1ccc(Cl)c(Cl)c1. The van der Waals surface area contributed by atoms with Crippen molar-refractivity contribution < 1.29 is 17.9 Å². The first kappa shape index (κ1) is 23.8. The van der Waals surface area contributed by atoms with E-state index < -0.39 is 15.9 Å². The molecule has 1 amide bonds. The Labute approximate surface area is 192 Å². The van der Waals surface area contributed by atoms with Crippen LogP contribution >= 0.6 is 23.2 Å². The molecule has 1 heterocycles. The average molecular weight is 486 g/mol. The number of hydrogen-bond donors (Lipinski definition) is 1. The fourth-order valence-corrected chi connectivity index (χ4v) is 4.35. The molecule has 1 aliphatic rings. The number of carbonyl (C=O) groups excluding carboxylic acids is 1.